The summed E-state index contributed by atoms with van der Waals surface area (Å²) in [5, 5.41) is 0. The fraction of sp³-hybridized carbons (Fsp3) is 0.636. The molecular formula is C11H20N4O. The highest BCUT2D eigenvalue weighted by Crippen LogP contribution is 2.13. The van der Waals surface area contributed by atoms with Crippen LogP contribution in [0.15, 0.2) is 12.4 Å². The number of nitrogens with zero attached hydrogens (tertiary/aromatic N) is 3. The fourth-order valence-electron chi connectivity index (χ4n) is 1.36. The van der Waals surface area contributed by atoms with Crippen molar-refractivity contribution in [3.8, 4) is 5.88 Å². The summed E-state index contributed by atoms with van der Waals surface area (Å²) >= 11 is 0. The Morgan fingerprint density at radius 1 is 1.38 bits per heavy atom. The standard InChI is InChI=1S/C11H20N4O/c1-3-7-16-11-9-13-8-10(14-11)15(4-2)6-5-12/h8-9H,3-7,12H2,1-2H3. The Morgan fingerprint density at radius 2 is 2.19 bits per heavy atom. The van der Waals surface area contributed by atoms with Crippen LogP contribution in [0, 0.1) is 0 Å². The van der Waals surface area contributed by atoms with Crippen molar-refractivity contribution in [1.29, 1.82) is 0 Å². The lowest BCUT2D eigenvalue weighted by atomic mass is 10.4. The van der Waals surface area contributed by atoms with Crippen LogP contribution in [0.4, 0.5) is 5.82 Å². The van der Waals surface area contributed by atoms with Crippen molar-refractivity contribution in [1.82, 2.24) is 9.97 Å². The molecule has 0 saturated heterocycles. The predicted molar refractivity (Wildman–Crippen MR) is 64.8 cm³/mol. The van der Waals surface area contributed by atoms with E-state index in [1.54, 1.807) is 12.4 Å². The van der Waals surface area contributed by atoms with Crippen LogP contribution in [0.25, 0.3) is 0 Å². The van der Waals surface area contributed by atoms with Crippen molar-refractivity contribution in [2.24, 2.45) is 5.73 Å². The van der Waals surface area contributed by atoms with Gasteiger partial charge in [-0.3, -0.25) is 4.98 Å². The highest BCUT2D eigenvalue weighted by Gasteiger charge is 2.06. The molecule has 0 saturated carbocycles. The van der Waals surface area contributed by atoms with E-state index in [0.29, 0.717) is 19.0 Å². The van der Waals surface area contributed by atoms with Crippen LogP contribution in [-0.4, -0.2) is 36.2 Å². The van der Waals surface area contributed by atoms with E-state index in [2.05, 4.69) is 28.7 Å². The second-order valence-electron chi connectivity index (χ2n) is 3.43. The van der Waals surface area contributed by atoms with E-state index in [1.165, 1.54) is 0 Å². The molecule has 0 aliphatic rings. The van der Waals surface area contributed by atoms with Gasteiger partial charge >= 0.3 is 0 Å². The van der Waals surface area contributed by atoms with Crippen LogP contribution in [-0.2, 0) is 0 Å². The number of rotatable bonds is 7. The quantitative estimate of drug-likeness (QED) is 0.750. The first-order valence-electron chi connectivity index (χ1n) is 5.71. The second-order valence-corrected chi connectivity index (χ2v) is 3.43. The predicted octanol–water partition coefficient (Wildman–Crippen LogP) is 1.05. The van der Waals surface area contributed by atoms with Crippen molar-refractivity contribution in [3.05, 3.63) is 12.4 Å². The summed E-state index contributed by atoms with van der Waals surface area (Å²) in [4.78, 5) is 10.6. The smallest absolute Gasteiger partial charge is 0.234 e. The van der Waals surface area contributed by atoms with Crippen LogP contribution < -0.4 is 15.4 Å². The lowest BCUT2D eigenvalue weighted by Gasteiger charge is -2.20. The maximum Gasteiger partial charge on any atom is 0.234 e. The van der Waals surface area contributed by atoms with Crippen molar-refractivity contribution in [3.63, 3.8) is 0 Å². The molecule has 0 spiro atoms. The highest BCUT2D eigenvalue weighted by molar-refractivity contribution is 5.37. The van der Waals surface area contributed by atoms with Gasteiger partial charge in [-0.2, -0.15) is 4.98 Å². The number of anilines is 1. The fourth-order valence-corrected chi connectivity index (χ4v) is 1.36. The van der Waals surface area contributed by atoms with E-state index in [1.807, 2.05) is 0 Å². The zero-order chi connectivity index (χ0) is 11.8. The van der Waals surface area contributed by atoms with E-state index in [9.17, 15) is 0 Å². The van der Waals surface area contributed by atoms with Crippen molar-refractivity contribution >= 4 is 5.82 Å². The molecule has 0 fully saturated rings. The molecule has 0 radical (unpaired) electrons. The monoisotopic (exact) mass is 224 g/mol. The lowest BCUT2D eigenvalue weighted by molar-refractivity contribution is 0.304. The van der Waals surface area contributed by atoms with Gasteiger partial charge in [-0.25, -0.2) is 0 Å². The van der Waals surface area contributed by atoms with E-state index in [0.717, 1.165) is 25.3 Å². The van der Waals surface area contributed by atoms with Gasteiger partial charge in [-0.1, -0.05) is 6.92 Å². The highest BCUT2D eigenvalue weighted by atomic mass is 16.5. The minimum atomic E-state index is 0.579. The van der Waals surface area contributed by atoms with Gasteiger partial charge in [0.2, 0.25) is 5.88 Å². The molecule has 2 N–H and O–H groups in total. The Balaban J connectivity index is 2.71. The maximum atomic E-state index is 5.54. The SMILES string of the molecule is CCCOc1cncc(N(CC)CCN)n1. The molecule has 5 nitrogen and oxygen atoms in total. The summed E-state index contributed by atoms with van der Waals surface area (Å²) in [5.41, 5.74) is 5.54. The van der Waals surface area contributed by atoms with Crippen LogP contribution in [0.1, 0.15) is 20.3 Å². The second kappa shape index (κ2) is 7.00. The van der Waals surface area contributed by atoms with E-state index in [-0.39, 0.29) is 0 Å². The van der Waals surface area contributed by atoms with Gasteiger partial charge in [0.15, 0.2) is 5.82 Å². The summed E-state index contributed by atoms with van der Waals surface area (Å²) in [6.45, 7) is 7.04. The zero-order valence-corrected chi connectivity index (χ0v) is 10.0. The van der Waals surface area contributed by atoms with Crippen molar-refractivity contribution < 1.29 is 4.74 Å². The molecule has 1 rings (SSSR count). The topological polar surface area (TPSA) is 64.3 Å². The number of hydrogen-bond acceptors (Lipinski definition) is 5. The van der Waals surface area contributed by atoms with Gasteiger partial charge in [0.25, 0.3) is 0 Å². The third-order valence-corrected chi connectivity index (χ3v) is 2.16. The molecular weight excluding hydrogens is 204 g/mol. The Labute approximate surface area is 96.6 Å². The third-order valence-electron chi connectivity index (χ3n) is 2.16. The molecule has 0 aromatic carbocycles. The number of aromatic nitrogens is 2. The number of ether oxygens (including phenoxy) is 1. The minimum Gasteiger partial charge on any atom is -0.477 e. The van der Waals surface area contributed by atoms with Gasteiger partial charge in [0.1, 0.15) is 0 Å². The normalized spacial score (nSPS) is 10.2. The molecule has 1 aromatic heterocycles. The minimum absolute atomic E-state index is 0.579. The Hall–Kier alpha value is -1.36. The Kier molecular flexibility index (Phi) is 5.56. The van der Waals surface area contributed by atoms with Crippen molar-refractivity contribution in [2.75, 3.05) is 31.1 Å². The summed E-state index contributed by atoms with van der Waals surface area (Å²) < 4.78 is 5.44. The third kappa shape index (κ3) is 3.66. The first-order valence-corrected chi connectivity index (χ1v) is 5.71. The van der Waals surface area contributed by atoms with Crippen LogP contribution in [0.5, 0.6) is 5.88 Å². The van der Waals surface area contributed by atoms with Gasteiger partial charge in [0, 0.05) is 19.6 Å². The Morgan fingerprint density at radius 3 is 2.81 bits per heavy atom. The first-order chi connectivity index (χ1) is 7.81. The van der Waals surface area contributed by atoms with E-state index < -0.39 is 0 Å². The van der Waals surface area contributed by atoms with Crippen LogP contribution in [0.2, 0.25) is 0 Å². The van der Waals surface area contributed by atoms with Gasteiger partial charge in [0.05, 0.1) is 19.0 Å². The summed E-state index contributed by atoms with van der Waals surface area (Å²) in [6, 6.07) is 0. The molecule has 16 heavy (non-hydrogen) atoms. The number of hydrogen-bond donors (Lipinski definition) is 1. The molecule has 1 aromatic rings. The average molecular weight is 224 g/mol. The molecule has 90 valence electrons. The largest absolute Gasteiger partial charge is 0.477 e. The zero-order valence-electron chi connectivity index (χ0n) is 10.0. The molecule has 0 atom stereocenters. The maximum absolute atomic E-state index is 5.54. The van der Waals surface area contributed by atoms with E-state index >= 15 is 0 Å². The van der Waals surface area contributed by atoms with Gasteiger partial charge in [-0.15, -0.1) is 0 Å². The van der Waals surface area contributed by atoms with Crippen molar-refractivity contribution in [2.45, 2.75) is 20.3 Å². The van der Waals surface area contributed by atoms with Crippen LogP contribution >= 0.6 is 0 Å². The molecule has 0 amide bonds. The summed E-state index contributed by atoms with van der Waals surface area (Å²) in [6.07, 6.45) is 4.33. The first kappa shape index (κ1) is 12.7. The molecule has 0 bridgehead atoms. The molecule has 0 aliphatic heterocycles. The molecule has 0 aliphatic carbocycles. The number of nitrogens with two attached hydrogens (primary N) is 1. The summed E-state index contributed by atoms with van der Waals surface area (Å²) in [5.74, 6) is 1.40. The number of likely N-dealkylation sites (N-methyl/N-ethyl adjacent to an activating group) is 1. The summed E-state index contributed by atoms with van der Waals surface area (Å²) in [7, 11) is 0. The molecule has 0 unspecified atom stereocenters. The lowest BCUT2D eigenvalue weighted by Crippen LogP contribution is -2.29. The Bertz CT molecular complexity index is 306. The molecule has 5 heteroatoms. The van der Waals surface area contributed by atoms with E-state index in [4.69, 9.17) is 10.5 Å². The van der Waals surface area contributed by atoms with Gasteiger partial charge in [-0.05, 0) is 13.3 Å². The molecule has 1 heterocycles. The average Bonchev–Trinajstić information content (AvgIpc) is 2.33. The van der Waals surface area contributed by atoms with Gasteiger partial charge < -0.3 is 15.4 Å². The van der Waals surface area contributed by atoms with Crippen LogP contribution in [0.3, 0.4) is 0 Å².